The summed E-state index contributed by atoms with van der Waals surface area (Å²) in [6, 6.07) is 8.89. The van der Waals surface area contributed by atoms with Gasteiger partial charge in [0.05, 0.1) is 10.6 Å². The van der Waals surface area contributed by atoms with Crippen LogP contribution in [0.5, 0.6) is 5.75 Å². The van der Waals surface area contributed by atoms with Gasteiger partial charge in [-0.3, -0.25) is 4.90 Å². The van der Waals surface area contributed by atoms with Crippen molar-refractivity contribution in [3.05, 3.63) is 47.0 Å². The maximum absolute atomic E-state index is 14.1. The topological polar surface area (TPSA) is 92.1 Å². The molecule has 0 aliphatic heterocycles. The number of aromatic nitrogens is 3. The number of nitrogen functional groups attached to an aromatic ring is 1. The summed E-state index contributed by atoms with van der Waals surface area (Å²) >= 11 is 6.38. The lowest BCUT2D eigenvalue weighted by Crippen LogP contribution is -2.34. The first kappa shape index (κ1) is 31.5. The zero-order chi connectivity index (χ0) is 29.7. The highest BCUT2D eigenvalue weighted by Gasteiger charge is 2.35. The van der Waals surface area contributed by atoms with Crippen LogP contribution in [0.2, 0.25) is 5.02 Å². The van der Waals surface area contributed by atoms with Gasteiger partial charge in [0.1, 0.15) is 12.4 Å². The summed E-state index contributed by atoms with van der Waals surface area (Å²) in [6.45, 7) is 16.6. The van der Waals surface area contributed by atoms with Gasteiger partial charge in [0.2, 0.25) is 11.9 Å². The number of alkyl halides is 3. The quantitative estimate of drug-likeness (QED) is 0.213. The molecule has 3 aromatic rings. The summed E-state index contributed by atoms with van der Waals surface area (Å²) in [7, 11) is 0. The van der Waals surface area contributed by atoms with E-state index in [2.05, 4.69) is 66.9 Å². The van der Waals surface area contributed by atoms with Crippen molar-refractivity contribution in [3.63, 3.8) is 0 Å². The Balaban J connectivity index is 1.71. The standard InChI is InChI=1S/C29H40ClF3N6O/c1-27(2,3)11-13-39(14-12-28(4,5)6)15-16-40-21-9-7-19(8-10-21)24-22(29(31,32)33)17-20(18-23(24)30)35-26-36-25(34)37-38-26/h7-10,17-18H,11-16H2,1-6H3,(H4,34,35,36,37,38). The fourth-order valence-corrected chi connectivity index (χ4v) is 4.32. The number of rotatable bonds is 11. The molecule has 0 atom stereocenters. The van der Waals surface area contributed by atoms with Crippen LogP contribution >= 0.6 is 11.6 Å². The summed E-state index contributed by atoms with van der Waals surface area (Å²) < 4.78 is 48.1. The molecular weight excluding hydrogens is 541 g/mol. The number of aromatic amines is 1. The molecule has 0 unspecified atom stereocenters. The largest absolute Gasteiger partial charge is 0.492 e. The summed E-state index contributed by atoms with van der Waals surface area (Å²) in [5.74, 6) is 0.651. The molecular formula is C29H40ClF3N6O. The molecule has 0 aliphatic rings. The van der Waals surface area contributed by atoms with Gasteiger partial charge in [-0.05, 0) is 66.6 Å². The summed E-state index contributed by atoms with van der Waals surface area (Å²) in [6.07, 6.45) is -2.49. The Bertz CT molecular complexity index is 1230. The van der Waals surface area contributed by atoms with E-state index in [1.54, 1.807) is 24.3 Å². The van der Waals surface area contributed by atoms with Crippen molar-refractivity contribution in [2.45, 2.75) is 60.6 Å². The Morgan fingerprint density at radius 2 is 1.55 bits per heavy atom. The van der Waals surface area contributed by atoms with E-state index in [0.29, 0.717) is 17.9 Å². The van der Waals surface area contributed by atoms with Gasteiger partial charge in [0.25, 0.3) is 0 Å². The maximum atomic E-state index is 14.1. The number of halogens is 4. The molecule has 3 rings (SSSR count). The number of ether oxygens (including phenoxy) is 1. The number of hydrogen-bond donors (Lipinski definition) is 3. The van der Waals surface area contributed by atoms with Gasteiger partial charge >= 0.3 is 6.18 Å². The Kier molecular flexibility index (Phi) is 10.0. The molecule has 0 bridgehead atoms. The number of nitrogens with zero attached hydrogens (tertiary/aromatic N) is 3. The first-order chi connectivity index (χ1) is 18.5. The zero-order valence-electron chi connectivity index (χ0n) is 24.0. The molecule has 40 heavy (non-hydrogen) atoms. The van der Waals surface area contributed by atoms with Gasteiger partial charge < -0.3 is 15.8 Å². The Hall–Kier alpha value is -2.98. The third-order valence-corrected chi connectivity index (χ3v) is 6.63. The number of anilines is 3. The molecule has 7 nitrogen and oxygen atoms in total. The number of nitrogens with one attached hydrogen (secondary N) is 2. The SMILES string of the molecule is CC(C)(C)CCN(CCOc1ccc(-c2c(Cl)cc(Nc3n[nH]c(N)n3)cc2C(F)(F)F)cc1)CCC(C)(C)C. The maximum Gasteiger partial charge on any atom is 0.417 e. The second kappa shape index (κ2) is 12.7. The molecule has 11 heteroatoms. The molecule has 0 saturated heterocycles. The van der Waals surface area contributed by atoms with Crippen LogP contribution in [0.1, 0.15) is 59.9 Å². The van der Waals surface area contributed by atoms with E-state index >= 15 is 0 Å². The van der Waals surface area contributed by atoms with Crippen molar-refractivity contribution in [1.82, 2.24) is 20.1 Å². The monoisotopic (exact) mass is 580 g/mol. The van der Waals surface area contributed by atoms with Crippen LogP contribution in [-0.2, 0) is 6.18 Å². The van der Waals surface area contributed by atoms with Gasteiger partial charge in [-0.2, -0.15) is 18.2 Å². The van der Waals surface area contributed by atoms with E-state index in [4.69, 9.17) is 22.1 Å². The van der Waals surface area contributed by atoms with Crippen molar-refractivity contribution in [2.24, 2.45) is 10.8 Å². The van der Waals surface area contributed by atoms with Crippen LogP contribution in [0.3, 0.4) is 0 Å². The number of H-pyrrole nitrogens is 1. The lowest BCUT2D eigenvalue weighted by atomic mass is 9.90. The van der Waals surface area contributed by atoms with E-state index in [-0.39, 0.29) is 39.0 Å². The minimum Gasteiger partial charge on any atom is -0.492 e. The highest BCUT2D eigenvalue weighted by Crippen LogP contribution is 2.43. The van der Waals surface area contributed by atoms with Crippen LogP contribution in [0.25, 0.3) is 11.1 Å². The van der Waals surface area contributed by atoms with Crippen LogP contribution in [-0.4, -0.2) is 46.3 Å². The predicted molar refractivity (Wildman–Crippen MR) is 156 cm³/mol. The van der Waals surface area contributed by atoms with Gasteiger partial charge in [-0.25, -0.2) is 5.10 Å². The molecule has 0 aliphatic carbocycles. The molecule has 0 radical (unpaired) electrons. The minimum absolute atomic E-state index is 0.0334. The molecule has 0 spiro atoms. The average Bonchev–Trinajstić information content (AvgIpc) is 3.23. The van der Waals surface area contributed by atoms with Crippen LogP contribution in [0, 0.1) is 10.8 Å². The first-order valence-electron chi connectivity index (χ1n) is 13.3. The average molecular weight is 581 g/mol. The van der Waals surface area contributed by atoms with Crippen molar-refractivity contribution in [2.75, 3.05) is 37.3 Å². The van der Waals surface area contributed by atoms with Gasteiger partial charge in [-0.1, -0.05) is 65.3 Å². The number of benzene rings is 2. The molecule has 0 amide bonds. The molecule has 0 saturated carbocycles. The minimum atomic E-state index is -4.65. The van der Waals surface area contributed by atoms with E-state index in [1.807, 2.05) is 0 Å². The third-order valence-electron chi connectivity index (χ3n) is 6.33. The third kappa shape index (κ3) is 9.89. The van der Waals surface area contributed by atoms with Crippen molar-refractivity contribution in [3.8, 4) is 16.9 Å². The van der Waals surface area contributed by atoms with Crippen molar-refractivity contribution >= 4 is 29.2 Å². The number of hydrogen-bond acceptors (Lipinski definition) is 6. The van der Waals surface area contributed by atoms with Crippen LogP contribution in [0.4, 0.5) is 30.8 Å². The fourth-order valence-electron chi connectivity index (χ4n) is 3.99. The van der Waals surface area contributed by atoms with Crippen LogP contribution < -0.4 is 15.8 Å². The Morgan fingerprint density at radius 1 is 0.950 bits per heavy atom. The van der Waals surface area contributed by atoms with E-state index in [1.165, 1.54) is 6.07 Å². The van der Waals surface area contributed by atoms with Crippen LogP contribution in [0.15, 0.2) is 36.4 Å². The van der Waals surface area contributed by atoms with Gasteiger partial charge in [0.15, 0.2) is 0 Å². The molecule has 0 fully saturated rings. The smallest absolute Gasteiger partial charge is 0.417 e. The van der Waals surface area contributed by atoms with Gasteiger partial charge in [0, 0.05) is 17.8 Å². The second-order valence-corrected chi connectivity index (χ2v) is 12.8. The molecule has 4 N–H and O–H groups in total. The zero-order valence-corrected chi connectivity index (χ0v) is 24.8. The van der Waals surface area contributed by atoms with Crippen molar-refractivity contribution < 1.29 is 17.9 Å². The Labute approximate surface area is 239 Å². The molecule has 2 aromatic carbocycles. The summed E-state index contributed by atoms with van der Waals surface area (Å²) in [5.41, 5.74) is 5.39. The number of nitrogens with two attached hydrogens (primary N) is 1. The lowest BCUT2D eigenvalue weighted by Gasteiger charge is -2.29. The molecule has 1 aromatic heterocycles. The molecule has 220 valence electrons. The lowest BCUT2D eigenvalue weighted by molar-refractivity contribution is -0.137. The Morgan fingerprint density at radius 3 is 2.05 bits per heavy atom. The van der Waals surface area contributed by atoms with E-state index < -0.39 is 11.7 Å². The summed E-state index contributed by atoms with van der Waals surface area (Å²) in [5, 5.41) is 8.83. The van der Waals surface area contributed by atoms with Crippen molar-refractivity contribution in [1.29, 1.82) is 0 Å². The first-order valence-corrected chi connectivity index (χ1v) is 13.7. The normalized spacial score (nSPS) is 12.7. The van der Waals surface area contributed by atoms with E-state index in [9.17, 15) is 13.2 Å². The fraction of sp³-hybridized carbons (Fsp3) is 0.517. The van der Waals surface area contributed by atoms with Gasteiger partial charge in [-0.15, -0.1) is 5.10 Å². The summed E-state index contributed by atoms with van der Waals surface area (Å²) in [4.78, 5) is 6.27. The van der Waals surface area contributed by atoms with E-state index in [0.717, 1.165) is 38.5 Å². The highest BCUT2D eigenvalue weighted by molar-refractivity contribution is 6.34. The highest BCUT2D eigenvalue weighted by atomic mass is 35.5. The molecule has 1 heterocycles. The predicted octanol–water partition coefficient (Wildman–Crippen LogP) is 8.02. The second-order valence-electron chi connectivity index (χ2n) is 12.4.